The van der Waals surface area contributed by atoms with Crippen molar-refractivity contribution in [1.29, 1.82) is 0 Å². The normalized spacial score (nSPS) is 13.2. The average Bonchev–Trinajstić information content (AvgIpc) is 2.50. The molecule has 0 aromatic heterocycles. The zero-order valence-electron chi connectivity index (χ0n) is 13.7. The molecule has 0 saturated heterocycles. The molecule has 0 atom stereocenters. The van der Waals surface area contributed by atoms with Crippen molar-refractivity contribution in [3.63, 3.8) is 0 Å². The van der Waals surface area contributed by atoms with Crippen molar-refractivity contribution in [3.05, 3.63) is 22.7 Å². The van der Waals surface area contributed by atoms with Gasteiger partial charge in [0.25, 0.3) is 0 Å². The maximum Gasteiger partial charge on any atom is 0.224 e. The van der Waals surface area contributed by atoms with Crippen molar-refractivity contribution in [2.45, 2.75) is 26.7 Å². The van der Waals surface area contributed by atoms with Crippen LogP contribution in [0.3, 0.4) is 0 Å². The fraction of sp³-hybridized carbons (Fsp3) is 0.588. The SMILES string of the molecule is CC(C)COCCCNC(=O)Cc1cc(Cl)c2c(c1)OCCO2. The minimum absolute atomic E-state index is 0.0402. The quantitative estimate of drug-likeness (QED) is 0.739. The third-order valence-corrected chi connectivity index (χ3v) is 3.54. The fourth-order valence-electron chi connectivity index (χ4n) is 2.24. The summed E-state index contributed by atoms with van der Waals surface area (Å²) in [5.41, 5.74) is 0.813. The standard InChI is InChI=1S/C17H24ClNO4/c1-12(2)11-21-5-3-4-19-16(20)10-13-8-14(18)17-15(9-13)22-6-7-23-17/h8-9,12H,3-7,10-11H2,1-2H3,(H,19,20). The fourth-order valence-corrected chi connectivity index (χ4v) is 2.52. The van der Waals surface area contributed by atoms with E-state index in [0.717, 1.165) is 18.6 Å². The summed E-state index contributed by atoms with van der Waals surface area (Å²) in [5, 5.41) is 3.36. The van der Waals surface area contributed by atoms with Crippen LogP contribution in [0.4, 0.5) is 0 Å². The molecule has 1 aliphatic rings. The summed E-state index contributed by atoms with van der Waals surface area (Å²) in [6.07, 6.45) is 1.07. The van der Waals surface area contributed by atoms with E-state index in [9.17, 15) is 4.79 Å². The molecule has 1 aliphatic heterocycles. The number of hydrogen-bond donors (Lipinski definition) is 1. The first kappa shape index (κ1) is 17.9. The van der Waals surface area contributed by atoms with Crippen LogP contribution < -0.4 is 14.8 Å². The molecule has 1 amide bonds. The summed E-state index contributed by atoms with van der Waals surface area (Å²) in [6, 6.07) is 3.56. The van der Waals surface area contributed by atoms with E-state index in [1.54, 1.807) is 6.07 Å². The molecular formula is C17H24ClNO4. The van der Waals surface area contributed by atoms with E-state index < -0.39 is 0 Å². The van der Waals surface area contributed by atoms with Crippen LogP contribution in [0.2, 0.25) is 5.02 Å². The number of ether oxygens (including phenoxy) is 3. The zero-order chi connectivity index (χ0) is 16.7. The van der Waals surface area contributed by atoms with Crippen LogP contribution in [0.25, 0.3) is 0 Å². The number of amides is 1. The van der Waals surface area contributed by atoms with Gasteiger partial charge < -0.3 is 19.5 Å². The number of halogens is 1. The Hall–Kier alpha value is -1.46. The summed E-state index contributed by atoms with van der Waals surface area (Å²) in [5.74, 6) is 1.66. The van der Waals surface area contributed by atoms with Crippen LogP contribution in [0, 0.1) is 5.92 Å². The van der Waals surface area contributed by atoms with Gasteiger partial charge in [-0.1, -0.05) is 25.4 Å². The van der Waals surface area contributed by atoms with E-state index in [4.69, 9.17) is 25.8 Å². The Bertz CT molecular complexity index is 534. The van der Waals surface area contributed by atoms with E-state index in [1.165, 1.54) is 0 Å². The Morgan fingerprint density at radius 1 is 1.35 bits per heavy atom. The molecule has 23 heavy (non-hydrogen) atoms. The Morgan fingerprint density at radius 2 is 2.13 bits per heavy atom. The average molecular weight is 342 g/mol. The van der Waals surface area contributed by atoms with Gasteiger partial charge >= 0.3 is 0 Å². The highest BCUT2D eigenvalue weighted by Crippen LogP contribution is 2.38. The molecule has 0 aliphatic carbocycles. The first-order chi connectivity index (χ1) is 11.1. The summed E-state index contributed by atoms with van der Waals surface area (Å²) < 4.78 is 16.4. The van der Waals surface area contributed by atoms with E-state index >= 15 is 0 Å². The van der Waals surface area contributed by atoms with Crippen molar-refractivity contribution < 1.29 is 19.0 Å². The van der Waals surface area contributed by atoms with Crippen LogP contribution in [-0.2, 0) is 16.0 Å². The monoisotopic (exact) mass is 341 g/mol. The summed E-state index contributed by atoms with van der Waals surface area (Å²) in [6.45, 7) is 7.23. The van der Waals surface area contributed by atoms with Crippen LogP contribution in [-0.4, -0.2) is 38.9 Å². The van der Waals surface area contributed by atoms with Crippen LogP contribution in [0.1, 0.15) is 25.8 Å². The van der Waals surface area contributed by atoms with Gasteiger partial charge in [0, 0.05) is 19.8 Å². The van der Waals surface area contributed by atoms with Crippen LogP contribution >= 0.6 is 11.6 Å². The van der Waals surface area contributed by atoms with Crippen molar-refractivity contribution in [2.24, 2.45) is 5.92 Å². The Morgan fingerprint density at radius 3 is 2.91 bits per heavy atom. The molecule has 2 rings (SSSR count). The second-order valence-corrected chi connectivity index (χ2v) is 6.36. The molecule has 1 N–H and O–H groups in total. The number of carbonyl (C=O) groups excluding carboxylic acids is 1. The van der Waals surface area contributed by atoms with Gasteiger partial charge in [-0.3, -0.25) is 4.79 Å². The van der Waals surface area contributed by atoms with Crippen molar-refractivity contribution in [1.82, 2.24) is 5.32 Å². The van der Waals surface area contributed by atoms with Crippen LogP contribution in [0.5, 0.6) is 11.5 Å². The molecule has 1 aromatic rings. The number of benzene rings is 1. The molecule has 0 spiro atoms. The number of nitrogens with one attached hydrogen (secondary N) is 1. The molecule has 128 valence electrons. The first-order valence-electron chi connectivity index (χ1n) is 7.98. The third kappa shape index (κ3) is 5.92. The van der Waals surface area contributed by atoms with Gasteiger partial charge in [0.15, 0.2) is 11.5 Å². The molecule has 5 nitrogen and oxygen atoms in total. The van der Waals surface area contributed by atoms with Crippen molar-refractivity contribution in [3.8, 4) is 11.5 Å². The van der Waals surface area contributed by atoms with Crippen molar-refractivity contribution >= 4 is 17.5 Å². The molecule has 0 fully saturated rings. The van der Waals surface area contributed by atoms with Gasteiger partial charge in [-0.25, -0.2) is 0 Å². The summed E-state index contributed by atoms with van der Waals surface area (Å²) in [4.78, 5) is 12.0. The molecule has 0 saturated carbocycles. The summed E-state index contributed by atoms with van der Waals surface area (Å²) >= 11 is 6.16. The third-order valence-electron chi connectivity index (χ3n) is 3.26. The largest absolute Gasteiger partial charge is 0.486 e. The number of rotatable bonds is 8. The molecule has 1 heterocycles. The number of carbonyl (C=O) groups is 1. The Labute approximate surface area is 142 Å². The lowest BCUT2D eigenvalue weighted by molar-refractivity contribution is -0.120. The van der Waals surface area contributed by atoms with E-state index in [1.807, 2.05) is 6.07 Å². The molecular weight excluding hydrogens is 318 g/mol. The minimum Gasteiger partial charge on any atom is -0.486 e. The van der Waals surface area contributed by atoms with Crippen LogP contribution in [0.15, 0.2) is 12.1 Å². The Kier molecular flexibility index (Phi) is 6.99. The molecule has 0 radical (unpaired) electrons. The van der Waals surface area contributed by atoms with Gasteiger partial charge in [-0.15, -0.1) is 0 Å². The zero-order valence-corrected chi connectivity index (χ0v) is 14.4. The minimum atomic E-state index is -0.0402. The van der Waals surface area contributed by atoms with Gasteiger partial charge in [0.2, 0.25) is 5.91 Å². The predicted octanol–water partition coefficient (Wildman–Crippen LogP) is 2.83. The second-order valence-electron chi connectivity index (χ2n) is 5.95. The molecule has 0 unspecified atom stereocenters. The van der Waals surface area contributed by atoms with Gasteiger partial charge in [0.1, 0.15) is 13.2 Å². The van der Waals surface area contributed by atoms with Gasteiger partial charge in [-0.2, -0.15) is 0 Å². The lowest BCUT2D eigenvalue weighted by Gasteiger charge is -2.20. The molecule has 6 heteroatoms. The van der Waals surface area contributed by atoms with Crippen molar-refractivity contribution in [2.75, 3.05) is 33.0 Å². The highest BCUT2D eigenvalue weighted by Gasteiger charge is 2.17. The Balaban J connectivity index is 1.74. The predicted molar refractivity (Wildman–Crippen MR) is 89.4 cm³/mol. The maximum absolute atomic E-state index is 12.0. The number of hydrogen-bond acceptors (Lipinski definition) is 4. The second kappa shape index (κ2) is 8.99. The summed E-state index contributed by atoms with van der Waals surface area (Å²) in [7, 11) is 0. The topological polar surface area (TPSA) is 56.8 Å². The maximum atomic E-state index is 12.0. The smallest absolute Gasteiger partial charge is 0.224 e. The first-order valence-corrected chi connectivity index (χ1v) is 8.36. The van der Waals surface area contributed by atoms with Gasteiger partial charge in [-0.05, 0) is 30.0 Å². The highest BCUT2D eigenvalue weighted by atomic mass is 35.5. The molecule has 1 aromatic carbocycles. The lowest BCUT2D eigenvalue weighted by Crippen LogP contribution is -2.27. The van der Waals surface area contributed by atoms with E-state index in [-0.39, 0.29) is 12.3 Å². The lowest BCUT2D eigenvalue weighted by atomic mass is 10.1. The van der Waals surface area contributed by atoms with E-state index in [2.05, 4.69) is 19.2 Å². The highest BCUT2D eigenvalue weighted by molar-refractivity contribution is 6.32. The molecule has 0 bridgehead atoms. The van der Waals surface area contributed by atoms with Gasteiger partial charge in [0.05, 0.1) is 11.4 Å². The number of fused-ring (bicyclic) bond motifs is 1. The van der Waals surface area contributed by atoms with E-state index in [0.29, 0.717) is 48.8 Å².